The number of anilines is 3. The van der Waals surface area contributed by atoms with E-state index in [0.29, 0.717) is 23.9 Å². The van der Waals surface area contributed by atoms with E-state index < -0.39 is 0 Å². The summed E-state index contributed by atoms with van der Waals surface area (Å²) in [7, 11) is 1.57. The van der Waals surface area contributed by atoms with Gasteiger partial charge in [-0.1, -0.05) is 6.92 Å². The number of carbonyl (C=O) groups is 1. The standard InChI is InChI=1S/C15H18N4O2/c1-4-14(20)19-12-7-5-11(6-8-12)18-13-9-15(21-3)17-10(2)16-13/h5-9H,4H2,1-3H3,(H,19,20)(H,16,17,18). The van der Waals surface area contributed by atoms with Gasteiger partial charge in [0.2, 0.25) is 11.8 Å². The summed E-state index contributed by atoms with van der Waals surface area (Å²) >= 11 is 0. The number of rotatable bonds is 5. The summed E-state index contributed by atoms with van der Waals surface area (Å²) in [6.45, 7) is 3.62. The number of amides is 1. The number of methoxy groups -OCH3 is 1. The summed E-state index contributed by atoms with van der Waals surface area (Å²) in [5, 5.41) is 5.97. The average molecular weight is 286 g/mol. The first-order chi connectivity index (χ1) is 10.1. The summed E-state index contributed by atoms with van der Waals surface area (Å²) in [4.78, 5) is 19.7. The lowest BCUT2D eigenvalue weighted by Gasteiger charge is -2.09. The maximum atomic E-state index is 11.3. The molecule has 1 aromatic carbocycles. The predicted octanol–water partition coefficient (Wildman–Crippen LogP) is 2.89. The zero-order valence-corrected chi connectivity index (χ0v) is 12.3. The van der Waals surface area contributed by atoms with Crippen LogP contribution in [-0.2, 0) is 4.79 Å². The molecule has 6 nitrogen and oxygen atoms in total. The van der Waals surface area contributed by atoms with Gasteiger partial charge in [-0.25, -0.2) is 4.98 Å². The lowest BCUT2D eigenvalue weighted by molar-refractivity contribution is -0.115. The first-order valence-electron chi connectivity index (χ1n) is 6.67. The van der Waals surface area contributed by atoms with Gasteiger partial charge in [0.05, 0.1) is 7.11 Å². The zero-order chi connectivity index (χ0) is 15.2. The Bertz CT molecular complexity index is 626. The summed E-state index contributed by atoms with van der Waals surface area (Å²) < 4.78 is 5.11. The molecule has 2 N–H and O–H groups in total. The Labute approximate surface area is 123 Å². The number of hydrogen-bond acceptors (Lipinski definition) is 5. The molecule has 0 saturated heterocycles. The lowest BCUT2D eigenvalue weighted by Crippen LogP contribution is -2.09. The summed E-state index contributed by atoms with van der Waals surface area (Å²) in [6, 6.07) is 9.13. The van der Waals surface area contributed by atoms with E-state index in [1.807, 2.05) is 31.2 Å². The summed E-state index contributed by atoms with van der Waals surface area (Å²) in [5.41, 5.74) is 1.63. The number of aromatic nitrogens is 2. The van der Waals surface area contributed by atoms with Crippen LogP contribution in [0.1, 0.15) is 19.2 Å². The van der Waals surface area contributed by atoms with Crippen LogP contribution in [0.4, 0.5) is 17.2 Å². The quantitative estimate of drug-likeness (QED) is 0.884. The number of nitrogens with one attached hydrogen (secondary N) is 2. The fourth-order valence-electron chi connectivity index (χ4n) is 1.74. The molecule has 0 aliphatic rings. The van der Waals surface area contributed by atoms with Crippen molar-refractivity contribution in [1.29, 1.82) is 0 Å². The molecule has 110 valence electrons. The number of ether oxygens (including phenoxy) is 1. The third-order valence-electron chi connectivity index (χ3n) is 2.79. The van der Waals surface area contributed by atoms with Crippen molar-refractivity contribution < 1.29 is 9.53 Å². The molecule has 6 heteroatoms. The Balaban J connectivity index is 2.09. The lowest BCUT2D eigenvalue weighted by atomic mass is 10.2. The maximum Gasteiger partial charge on any atom is 0.224 e. The van der Waals surface area contributed by atoms with Crippen molar-refractivity contribution in [3.8, 4) is 5.88 Å². The molecule has 0 bridgehead atoms. The largest absolute Gasteiger partial charge is 0.481 e. The third kappa shape index (κ3) is 4.17. The van der Waals surface area contributed by atoms with Crippen LogP contribution in [0.3, 0.4) is 0 Å². The third-order valence-corrected chi connectivity index (χ3v) is 2.79. The molecule has 2 aromatic rings. The van der Waals surface area contributed by atoms with Crippen LogP contribution in [0.5, 0.6) is 5.88 Å². The highest BCUT2D eigenvalue weighted by Gasteiger charge is 2.03. The second kappa shape index (κ2) is 6.69. The van der Waals surface area contributed by atoms with Crippen molar-refractivity contribution in [2.24, 2.45) is 0 Å². The fraction of sp³-hybridized carbons (Fsp3) is 0.267. The molecule has 0 unspecified atom stereocenters. The molecule has 0 fully saturated rings. The summed E-state index contributed by atoms with van der Waals surface area (Å²) in [5.74, 6) is 1.79. The second-order valence-electron chi connectivity index (χ2n) is 4.45. The molecule has 1 amide bonds. The molecule has 0 radical (unpaired) electrons. The molecular weight excluding hydrogens is 268 g/mol. The van der Waals surface area contributed by atoms with Crippen LogP contribution >= 0.6 is 0 Å². The van der Waals surface area contributed by atoms with E-state index >= 15 is 0 Å². The molecule has 0 saturated carbocycles. The van der Waals surface area contributed by atoms with Gasteiger partial charge in [0, 0.05) is 23.9 Å². The van der Waals surface area contributed by atoms with Gasteiger partial charge >= 0.3 is 0 Å². The smallest absolute Gasteiger partial charge is 0.224 e. The molecule has 0 spiro atoms. The van der Waals surface area contributed by atoms with Crippen LogP contribution in [0, 0.1) is 6.92 Å². The number of benzene rings is 1. The van der Waals surface area contributed by atoms with Gasteiger partial charge in [0.25, 0.3) is 0 Å². The number of nitrogens with zero attached hydrogens (tertiary/aromatic N) is 2. The van der Waals surface area contributed by atoms with Crippen LogP contribution < -0.4 is 15.4 Å². The van der Waals surface area contributed by atoms with Gasteiger partial charge in [-0.15, -0.1) is 0 Å². The molecular formula is C15H18N4O2. The van der Waals surface area contributed by atoms with Crippen molar-refractivity contribution in [2.45, 2.75) is 20.3 Å². The average Bonchev–Trinajstić information content (AvgIpc) is 2.48. The summed E-state index contributed by atoms with van der Waals surface area (Å²) in [6.07, 6.45) is 0.458. The van der Waals surface area contributed by atoms with Gasteiger partial charge in [-0.05, 0) is 31.2 Å². The van der Waals surface area contributed by atoms with Gasteiger partial charge in [-0.2, -0.15) is 4.98 Å². The number of carbonyl (C=O) groups excluding carboxylic acids is 1. The molecule has 1 aromatic heterocycles. The Morgan fingerprint density at radius 3 is 2.48 bits per heavy atom. The van der Waals surface area contributed by atoms with E-state index in [4.69, 9.17) is 4.74 Å². The van der Waals surface area contributed by atoms with E-state index in [1.165, 1.54) is 0 Å². The Morgan fingerprint density at radius 2 is 1.86 bits per heavy atom. The molecule has 2 rings (SSSR count). The maximum absolute atomic E-state index is 11.3. The van der Waals surface area contributed by atoms with Crippen molar-refractivity contribution in [3.05, 3.63) is 36.2 Å². The van der Waals surface area contributed by atoms with Gasteiger partial charge in [0.1, 0.15) is 11.6 Å². The van der Waals surface area contributed by atoms with E-state index in [-0.39, 0.29) is 5.91 Å². The van der Waals surface area contributed by atoms with Crippen molar-refractivity contribution in [1.82, 2.24) is 9.97 Å². The minimum absolute atomic E-state index is 0.00753. The molecule has 0 aliphatic heterocycles. The van der Waals surface area contributed by atoms with E-state index in [2.05, 4.69) is 20.6 Å². The minimum atomic E-state index is -0.00753. The van der Waals surface area contributed by atoms with Gasteiger partial charge in [0.15, 0.2) is 0 Å². The van der Waals surface area contributed by atoms with E-state index in [1.54, 1.807) is 20.1 Å². The van der Waals surface area contributed by atoms with Crippen LogP contribution in [0.2, 0.25) is 0 Å². The zero-order valence-electron chi connectivity index (χ0n) is 12.3. The van der Waals surface area contributed by atoms with E-state index in [0.717, 1.165) is 11.4 Å². The first-order valence-corrected chi connectivity index (χ1v) is 6.67. The van der Waals surface area contributed by atoms with Crippen LogP contribution in [0.15, 0.2) is 30.3 Å². The van der Waals surface area contributed by atoms with E-state index in [9.17, 15) is 4.79 Å². The predicted molar refractivity (Wildman–Crippen MR) is 82.0 cm³/mol. The topological polar surface area (TPSA) is 76.1 Å². The molecule has 21 heavy (non-hydrogen) atoms. The van der Waals surface area contributed by atoms with Crippen LogP contribution in [0.25, 0.3) is 0 Å². The van der Waals surface area contributed by atoms with Gasteiger partial charge in [-0.3, -0.25) is 4.79 Å². The number of hydrogen-bond donors (Lipinski definition) is 2. The van der Waals surface area contributed by atoms with Crippen LogP contribution in [-0.4, -0.2) is 23.0 Å². The van der Waals surface area contributed by atoms with Gasteiger partial charge < -0.3 is 15.4 Å². The normalized spacial score (nSPS) is 10.0. The second-order valence-corrected chi connectivity index (χ2v) is 4.45. The number of aryl methyl sites for hydroxylation is 1. The fourth-order valence-corrected chi connectivity index (χ4v) is 1.74. The first kappa shape index (κ1) is 14.8. The highest BCUT2D eigenvalue weighted by molar-refractivity contribution is 5.90. The van der Waals surface area contributed by atoms with Crippen molar-refractivity contribution in [3.63, 3.8) is 0 Å². The SMILES string of the molecule is CCC(=O)Nc1ccc(Nc2cc(OC)nc(C)n2)cc1. The van der Waals surface area contributed by atoms with Crippen molar-refractivity contribution >= 4 is 23.1 Å². The molecule has 0 atom stereocenters. The Kier molecular flexibility index (Phi) is 4.71. The van der Waals surface area contributed by atoms with Crippen molar-refractivity contribution in [2.75, 3.05) is 17.7 Å². The Morgan fingerprint density at radius 1 is 1.19 bits per heavy atom. The highest BCUT2D eigenvalue weighted by atomic mass is 16.5. The highest BCUT2D eigenvalue weighted by Crippen LogP contribution is 2.20. The minimum Gasteiger partial charge on any atom is -0.481 e. The Hall–Kier alpha value is -2.63. The molecule has 0 aliphatic carbocycles. The molecule has 1 heterocycles. The monoisotopic (exact) mass is 286 g/mol.